The van der Waals surface area contributed by atoms with Crippen LogP contribution in [0.3, 0.4) is 0 Å². The third-order valence-corrected chi connectivity index (χ3v) is 5.89. The molecule has 5 nitrogen and oxygen atoms in total. The van der Waals surface area contributed by atoms with Crippen LogP contribution < -0.4 is 15.5 Å². The maximum Gasteiger partial charge on any atom is 0.265 e. The number of fused-ring (bicyclic) bond motifs is 1. The number of rotatable bonds is 5. The van der Waals surface area contributed by atoms with Gasteiger partial charge in [-0.05, 0) is 63.1 Å². The number of nitrogens with one attached hydrogen (secondary N) is 1. The summed E-state index contributed by atoms with van der Waals surface area (Å²) in [6.07, 6.45) is -0.950. The van der Waals surface area contributed by atoms with Gasteiger partial charge in [-0.15, -0.1) is 0 Å². The van der Waals surface area contributed by atoms with E-state index in [2.05, 4.69) is 5.32 Å². The number of amides is 1. The Morgan fingerprint density at radius 2 is 1.76 bits per heavy atom. The predicted octanol–water partition coefficient (Wildman–Crippen LogP) is 6.44. The molecule has 1 atom stereocenters. The van der Waals surface area contributed by atoms with Gasteiger partial charge in [-0.1, -0.05) is 53.6 Å². The zero-order valence-corrected chi connectivity index (χ0v) is 19.6. The summed E-state index contributed by atoms with van der Waals surface area (Å²) >= 11 is 6.11. The summed E-state index contributed by atoms with van der Waals surface area (Å²) in [6.45, 7) is 7.48. The van der Waals surface area contributed by atoms with Crippen LogP contribution in [0.2, 0.25) is 5.02 Å². The van der Waals surface area contributed by atoms with Gasteiger partial charge in [0.2, 0.25) is 11.2 Å². The highest BCUT2D eigenvalue weighted by Crippen LogP contribution is 2.32. The molecule has 0 fully saturated rings. The number of ether oxygens (including phenoxy) is 1. The SMILES string of the molecule is Cc1ccc(-c2oc3ccc(Cl)cc3c(=O)c2OC(C)C(=O)Nc2cccc(C)c2C)cc1. The van der Waals surface area contributed by atoms with E-state index in [4.69, 9.17) is 20.8 Å². The number of anilines is 1. The molecule has 6 heteroatoms. The van der Waals surface area contributed by atoms with Crippen molar-refractivity contribution in [2.45, 2.75) is 33.8 Å². The molecule has 1 N–H and O–H groups in total. The van der Waals surface area contributed by atoms with Crippen LogP contribution in [0.25, 0.3) is 22.3 Å². The summed E-state index contributed by atoms with van der Waals surface area (Å²) in [5, 5.41) is 3.58. The van der Waals surface area contributed by atoms with Crippen molar-refractivity contribution in [1.29, 1.82) is 0 Å². The van der Waals surface area contributed by atoms with Crippen molar-refractivity contribution >= 4 is 34.2 Å². The lowest BCUT2D eigenvalue weighted by atomic mass is 10.1. The highest BCUT2D eigenvalue weighted by atomic mass is 35.5. The monoisotopic (exact) mass is 461 g/mol. The molecule has 168 valence electrons. The van der Waals surface area contributed by atoms with Gasteiger partial charge in [0, 0.05) is 16.3 Å². The summed E-state index contributed by atoms with van der Waals surface area (Å²) in [5.74, 6) is -0.136. The Morgan fingerprint density at radius 1 is 1.03 bits per heavy atom. The molecule has 3 aromatic carbocycles. The number of benzene rings is 3. The second kappa shape index (κ2) is 9.12. The zero-order chi connectivity index (χ0) is 23.7. The number of aryl methyl sites for hydroxylation is 2. The first kappa shape index (κ1) is 22.6. The third kappa shape index (κ3) is 4.64. The van der Waals surface area contributed by atoms with Crippen LogP contribution in [0.5, 0.6) is 5.75 Å². The van der Waals surface area contributed by atoms with E-state index in [-0.39, 0.29) is 28.2 Å². The van der Waals surface area contributed by atoms with Crippen LogP contribution in [0, 0.1) is 20.8 Å². The van der Waals surface area contributed by atoms with Crippen molar-refractivity contribution in [2.24, 2.45) is 0 Å². The van der Waals surface area contributed by atoms with Gasteiger partial charge >= 0.3 is 0 Å². The van der Waals surface area contributed by atoms with Gasteiger partial charge in [-0.3, -0.25) is 9.59 Å². The summed E-state index contributed by atoms with van der Waals surface area (Å²) < 4.78 is 12.0. The summed E-state index contributed by atoms with van der Waals surface area (Å²) in [5.41, 5.74) is 4.48. The summed E-state index contributed by atoms with van der Waals surface area (Å²) in [6, 6.07) is 18.1. The molecule has 0 radical (unpaired) electrons. The molecule has 0 saturated carbocycles. The molecule has 4 aromatic rings. The van der Waals surface area contributed by atoms with Crippen molar-refractivity contribution in [3.63, 3.8) is 0 Å². The van der Waals surface area contributed by atoms with Gasteiger partial charge in [0.25, 0.3) is 5.91 Å². The molecule has 1 unspecified atom stereocenters. The van der Waals surface area contributed by atoms with Crippen LogP contribution in [-0.2, 0) is 4.79 Å². The van der Waals surface area contributed by atoms with Crippen molar-refractivity contribution in [1.82, 2.24) is 0 Å². The van der Waals surface area contributed by atoms with E-state index in [1.165, 1.54) is 6.07 Å². The minimum atomic E-state index is -0.950. The second-order valence-corrected chi connectivity index (χ2v) is 8.53. The lowest BCUT2D eigenvalue weighted by Crippen LogP contribution is -2.32. The summed E-state index contributed by atoms with van der Waals surface area (Å²) in [7, 11) is 0. The molecule has 0 spiro atoms. The Kier molecular flexibility index (Phi) is 6.25. The molecule has 0 aliphatic rings. The van der Waals surface area contributed by atoms with Gasteiger partial charge in [0.1, 0.15) is 5.58 Å². The molecule has 1 heterocycles. The first-order valence-electron chi connectivity index (χ1n) is 10.6. The molecule has 1 amide bonds. The van der Waals surface area contributed by atoms with E-state index < -0.39 is 6.10 Å². The number of halogens is 1. The average Bonchev–Trinajstić information content (AvgIpc) is 2.79. The Hall–Kier alpha value is -3.57. The van der Waals surface area contributed by atoms with Gasteiger partial charge in [-0.2, -0.15) is 0 Å². The number of carbonyl (C=O) groups is 1. The van der Waals surface area contributed by atoms with Gasteiger partial charge in [0.05, 0.1) is 5.39 Å². The number of carbonyl (C=O) groups excluding carboxylic acids is 1. The molecule has 33 heavy (non-hydrogen) atoms. The van der Waals surface area contributed by atoms with Crippen LogP contribution in [0.4, 0.5) is 5.69 Å². The predicted molar refractivity (Wildman–Crippen MR) is 132 cm³/mol. The minimum absolute atomic E-state index is 0.0303. The van der Waals surface area contributed by atoms with Crippen molar-refractivity contribution in [2.75, 3.05) is 5.32 Å². The molecule has 0 aliphatic heterocycles. The van der Waals surface area contributed by atoms with Crippen LogP contribution >= 0.6 is 11.6 Å². The molecule has 0 aliphatic carbocycles. The van der Waals surface area contributed by atoms with Crippen LogP contribution in [0.15, 0.2) is 69.9 Å². The fourth-order valence-electron chi connectivity index (χ4n) is 3.50. The fraction of sp³-hybridized carbons (Fsp3) is 0.185. The molecule has 0 bridgehead atoms. The standard InChI is InChI=1S/C27H24ClNO4/c1-15-8-10-19(11-9-15)25-26(24(30)21-14-20(28)12-13-23(21)33-25)32-18(4)27(31)29-22-7-5-6-16(2)17(22)3/h5-14,18H,1-4H3,(H,29,31). The number of hydrogen-bond donors (Lipinski definition) is 1. The van der Waals surface area contributed by atoms with Gasteiger partial charge < -0.3 is 14.5 Å². The number of hydrogen-bond acceptors (Lipinski definition) is 4. The van der Waals surface area contributed by atoms with E-state index in [9.17, 15) is 9.59 Å². The van der Waals surface area contributed by atoms with E-state index in [1.807, 2.05) is 63.2 Å². The van der Waals surface area contributed by atoms with E-state index in [0.717, 1.165) is 16.7 Å². The molecule has 0 saturated heterocycles. The quantitative estimate of drug-likeness (QED) is 0.371. The third-order valence-electron chi connectivity index (χ3n) is 5.65. The minimum Gasteiger partial charge on any atom is -0.473 e. The maximum atomic E-state index is 13.4. The largest absolute Gasteiger partial charge is 0.473 e. The van der Waals surface area contributed by atoms with Crippen LogP contribution in [0.1, 0.15) is 23.6 Å². The highest BCUT2D eigenvalue weighted by molar-refractivity contribution is 6.31. The zero-order valence-electron chi connectivity index (χ0n) is 18.9. The van der Waals surface area contributed by atoms with E-state index in [1.54, 1.807) is 19.1 Å². The molecule has 4 rings (SSSR count). The highest BCUT2D eigenvalue weighted by Gasteiger charge is 2.23. The average molecular weight is 462 g/mol. The van der Waals surface area contributed by atoms with Crippen molar-refractivity contribution in [3.05, 3.63) is 92.6 Å². The Morgan fingerprint density at radius 3 is 2.48 bits per heavy atom. The first-order chi connectivity index (χ1) is 15.7. The van der Waals surface area contributed by atoms with Crippen LogP contribution in [-0.4, -0.2) is 12.0 Å². The Bertz CT molecular complexity index is 1410. The van der Waals surface area contributed by atoms with E-state index in [0.29, 0.717) is 21.9 Å². The lowest BCUT2D eigenvalue weighted by molar-refractivity contribution is -0.122. The molecular formula is C27H24ClNO4. The normalized spacial score (nSPS) is 11.9. The van der Waals surface area contributed by atoms with Gasteiger partial charge in [0.15, 0.2) is 11.9 Å². The maximum absolute atomic E-state index is 13.4. The first-order valence-corrected chi connectivity index (χ1v) is 11.0. The van der Waals surface area contributed by atoms with E-state index >= 15 is 0 Å². The lowest BCUT2D eigenvalue weighted by Gasteiger charge is -2.18. The molecular weight excluding hydrogens is 438 g/mol. The topological polar surface area (TPSA) is 68.5 Å². The van der Waals surface area contributed by atoms with Crippen molar-refractivity contribution < 1.29 is 13.9 Å². The summed E-state index contributed by atoms with van der Waals surface area (Å²) in [4.78, 5) is 26.3. The smallest absolute Gasteiger partial charge is 0.265 e. The second-order valence-electron chi connectivity index (χ2n) is 8.09. The van der Waals surface area contributed by atoms with Crippen molar-refractivity contribution in [3.8, 4) is 17.1 Å². The Balaban J connectivity index is 1.75. The van der Waals surface area contributed by atoms with Gasteiger partial charge in [-0.25, -0.2) is 0 Å². The Labute approximate surface area is 197 Å². The fourth-order valence-corrected chi connectivity index (χ4v) is 3.68. The molecule has 1 aromatic heterocycles.